The van der Waals surface area contributed by atoms with Crippen LogP contribution in [-0.2, 0) is 3.74 Å². The average Bonchev–Trinajstić information content (AvgIpc) is 1.78. The van der Waals surface area contributed by atoms with Crippen molar-refractivity contribution in [2.45, 2.75) is 0 Å². The fourth-order valence-electron chi connectivity index (χ4n) is 0.813. The molecule has 0 aliphatic rings. The van der Waals surface area contributed by atoms with E-state index in [1.54, 1.807) is 0 Å². The zero-order valence-electron chi connectivity index (χ0n) is 6.04. The third-order valence-electron chi connectivity index (χ3n) is 1.27. The minimum absolute atomic E-state index is 0.106. The number of rotatable bonds is 1. The monoisotopic (exact) mass is 304 g/mol. The van der Waals surface area contributed by atoms with Crippen LogP contribution in [-0.4, -0.2) is 22.4 Å². The van der Waals surface area contributed by atoms with Crippen molar-refractivity contribution in [2.75, 3.05) is 0 Å². The first-order valence-electron chi connectivity index (χ1n) is 3.03. The predicted molar refractivity (Wildman–Crippen MR) is 52.0 cm³/mol. The molecule has 7 heteroatoms. The van der Waals surface area contributed by atoms with Gasteiger partial charge >= 0.3 is 92.5 Å². The van der Waals surface area contributed by atoms with E-state index in [1.165, 1.54) is 12.1 Å². The maximum atomic E-state index is 10.9. The molecule has 0 amide bonds. The molecule has 0 spiro atoms. The van der Waals surface area contributed by atoms with Crippen LogP contribution in [0, 0.1) is 0 Å². The maximum absolute atomic E-state index is 10.9. The van der Waals surface area contributed by atoms with Crippen LogP contribution < -0.4 is 4.35 Å². The molecule has 0 unspecified atom stereocenters. The van der Waals surface area contributed by atoms with Crippen LogP contribution in [0.25, 0.3) is 0 Å². The van der Waals surface area contributed by atoms with E-state index in [9.17, 15) is 3.74 Å². The molecular weight excluding hydrogens is 301 g/mol. The summed E-state index contributed by atoms with van der Waals surface area (Å²) in [4.78, 5) is 0. The standard InChI is InChI=1S/C6H4AsCl3O3/c8-3-1-4(9)6(5(10)2-3)7(11,12)13/h1-2H,(H2,11,12,13). The molecule has 0 saturated heterocycles. The van der Waals surface area contributed by atoms with Crippen molar-refractivity contribution < 1.29 is 11.9 Å². The van der Waals surface area contributed by atoms with Crippen LogP contribution in [0.3, 0.4) is 0 Å². The van der Waals surface area contributed by atoms with Gasteiger partial charge in [0.1, 0.15) is 0 Å². The molecule has 1 aromatic rings. The van der Waals surface area contributed by atoms with Crippen molar-refractivity contribution in [3.05, 3.63) is 27.2 Å². The Labute approximate surface area is 92.2 Å². The third kappa shape index (κ3) is 2.66. The van der Waals surface area contributed by atoms with Crippen molar-refractivity contribution in [1.29, 1.82) is 0 Å². The van der Waals surface area contributed by atoms with E-state index >= 15 is 0 Å². The van der Waals surface area contributed by atoms with Crippen molar-refractivity contribution in [1.82, 2.24) is 0 Å². The van der Waals surface area contributed by atoms with Crippen LogP contribution in [0.15, 0.2) is 12.1 Å². The van der Waals surface area contributed by atoms with Crippen molar-refractivity contribution in [3.63, 3.8) is 0 Å². The van der Waals surface area contributed by atoms with Gasteiger partial charge < -0.3 is 0 Å². The van der Waals surface area contributed by atoms with E-state index in [2.05, 4.69) is 0 Å². The summed E-state index contributed by atoms with van der Waals surface area (Å²) in [5.74, 6) is 0. The predicted octanol–water partition coefficient (Wildman–Crippen LogP) is 1.21. The van der Waals surface area contributed by atoms with Gasteiger partial charge in [-0.2, -0.15) is 0 Å². The molecule has 0 bridgehead atoms. The van der Waals surface area contributed by atoms with E-state index in [0.29, 0.717) is 0 Å². The van der Waals surface area contributed by atoms with Gasteiger partial charge in [0.05, 0.1) is 0 Å². The Morgan fingerprint density at radius 2 is 1.46 bits per heavy atom. The Hall–Kier alpha value is 0.368. The molecular formula is C6H4AsCl3O3. The molecule has 72 valence electrons. The van der Waals surface area contributed by atoms with Crippen LogP contribution in [0.5, 0.6) is 0 Å². The van der Waals surface area contributed by atoms with Crippen LogP contribution in [0.4, 0.5) is 0 Å². The first-order valence-corrected chi connectivity index (χ1v) is 7.54. The summed E-state index contributed by atoms with van der Waals surface area (Å²) in [6, 6.07) is 2.48. The number of hydrogen-bond acceptors (Lipinski definition) is 1. The van der Waals surface area contributed by atoms with Crippen molar-refractivity contribution in [2.24, 2.45) is 0 Å². The topological polar surface area (TPSA) is 57.5 Å². The summed E-state index contributed by atoms with van der Waals surface area (Å²) in [6.45, 7) is 0. The summed E-state index contributed by atoms with van der Waals surface area (Å²) in [5.41, 5.74) is 0. The van der Waals surface area contributed by atoms with Gasteiger partial charge in [-0.3, -0.25) is 0 Å². The normalized spacial score (nSPS) is 11.8. The molecule has 0 atom stereocenters. The van der Waals surface area contributed by atoms with Gasteiger partial charge in [-0.05, 0) is 0 Å². The molecule has 2 N–H and O–H groups in total. The van der Waals surface area contributed by atoms with Crippen LogP contribution >= 0.6 is 34.8 Å². The summed E-state index contributed by atoms with van der Waals surface area (Å²) in [7, 11) is 0. The van der Waals surface area contributed by atoms with E-state index < -0.39 is 14.2 Å². The second-order valence-electron chi connectivity index (χ2n) is 2.26. The Kier molecular flexibility index (Phi) is 3.39. The molecule has 0 fully saturated rings. The fraction of sp³-hybridized carbons (Fsp3) is 0. The molecule has 0 saturated carbocycles. The molecule has 0 aliphatic carbocycles. The average molecular weight is 305 g/mol. The summed E-state index contributed by atoms with van der Waals surface area (Å²) in [5, 5.41) is 0.0256. The first-order chi connectivity index (χ1) is 5.82. The van der Waals surface area contributed by atoms with Gasteiger partial charge in [0.25, 0.3) is 0 Å². The quantitative estimate of drug-likeness (QED) is 0.767. The Morgan fingerprint density at radius 1 is 1.08 bits per heavy atom. The molecule has 3 nitrogen and oxygen atoms in total. The van der Waals surface area contributed by atoms with Crippen LogP contribution in [0.2, 0.25) is 15.1 Å². The molecule has 1 aromatic carbocycles. The fourth-order valence-corrected chi connectivity index (χ4v) is 4.21. The second-order valence-corrected chi connectivity index (χ2v) is 6.73. The molecule has 1 rings (SSSR count). The van der Waals surface area contributed by atoms with Gasteiger partial charge in [-0.1, -0.05) is 0 Å². The van der Waals surface area contributed by atoms with Crippen molar-refractivity contribution in [3.8, 4) is 0 Å². The van der Waals surface area contributed by atoms with Gasteiger partial charge in [-0.25, -0.2) is 0 Å². The van der Waals surface area contributed by atoms with Gasteiger partial charge in [-0.15, -0.1) is 0 Å². The molecule has 13 heavy (non-hydrogen) atoms. The molecule has 0 radical (unpaired) electrons. The van der Waals surface area contributed by atoms with E-state index in [4.69, 9.17) is 43.0 Å². The zero-order valence-corrected chi connectivity index (χ0v) is 10.2. The van der Waals surface area contributed by atoms with Gasteiger partial charge in [0.15, 0.2) is 0 Å². The van der Waals surface area contributed by atoms with Gasteiger partial charge in [0.2, 0.25) is 0 Å². The molecule has 0 aromatic heterocycles. The second kappa shape index (κ2) is 3.85. The molecule has 0 heterocycles. The Bertz CT molecular complexity index is 364. The number of halogens is 3. The minimum atomic E-state index is -5.05. The summed E-state index contributed by atoms with van der Waals surface area (Å²) in [6.07, 6.45) is 0. The van der Waals surface area contributed by atoms with E-state index in [1.807, 2.05) is 0 Å². The summed E-state index contributed by atoms with van der Waals surface area (Å²) < 4.78 is 28.4. The summed E-state index contributed by atoms with van der Waals surface area (Å²) >= 11 is 11.7. The Balaban J connectivity index is 3.47. The van der Waals surface area contributed by atoms with E-state index in [-0.39, 0.29) is 19.4 Å². The number of benzene rings is 1. The van der Waals surface area contributed by atoms with Crippen molar-refractivity contribution >= 4 is 53.3 Å². The molecule has 0 aliphatic heterocycles. The van der Waals surface area contributed by atoms with Crippen LogP contribution in [0.1, 0.15) is 0 Å². The SMILES string of the molecule is O=[As](O)(O)c1c(Cl)cc(Cl)cc1Cl. The third-order valence-corrected chi connectivity index (χ3v) is 4.90. The Morgan fingerprint density at radius 3 is 1.77 bits per heavy atom. The van der Waals surface area contributed by atoms with Gasteiger partial charge in [0, 0.05) is 0 Å². The number of hydrogen-bond donors (Lipinski definition) is 2. The zero-order chi connectivity index (χ0) is 10.2. The van der Waals surface area contributed by atoms with E-state index in [0.717, 1.165) is 0 Å². The first kappa shape index (κ1) is 11.4.